The Balaban J connectivity index is 1.60. The van der Waals surface area contributed by atoms with Gasteiger partial charge in [-0.1, -0.05) is 12.1 Å². The number of rotatable bonds is 5. The van der Waals surface area contributed by atoms with Crippen LogP contribution in [0.5, 0.6) is 0 Å². The highest BCUT2D eigenvalue weighted by Gasteiger charge is 2.13. The molecular formula is C17H17N3O4S. The molecule has 0 radical (unpaired) electrons. The normalized spacial score (nSPS) is 11.6. The predicted octanol–water partition coefficient (Wildman–Crippen LogP) is 1.76. The Bertz CT molecular complexity index is 1020. The molecule has 2 aromatic heterocycles. The number of sulfonamides is 1. The van der Waals surface area contributed by atoms with E-state index < -0.39 is 10.0 Å². The highest BCUT2D eigenvalue weighted by atomic mass is 32.2. The van der Waals surface area contributed by atoms with Gasteiger partial charge in [0.15, 0.2) is 11.3 Å². The first-order valence-corrected chi connectivity index (χ1v) is 9.15. The fourth-order valence-corrected chi connectivity index (χ4v) is 2.91. The summed E-state index contributed by atoms with van der Waals surface area (Å²) in [6.07, 6.45) is 0.550. The second kappa shape index (κ2) is 6.66. The second-order valence-electron chi connectivity index (χ2n) is 5.64. The van der Waals surface area contributed by atoms with E-state index in [9.17, 15) is 13.2 Å². The van der Waals surface area contributed by atoms with Crippen LogP contribution in [0, 0.1) is 6.92 Å². The van der Waals surface area contributed by atoms with E-state index in [4.69, 9.17) is 9.56 Å². The minimum absolute atomic E-state index is 0.0605. The van der Waals surface area contributed by atoms with E-state index in [1.807, 2.05) is 13.0 Å². The fourth-order valence-electron chi connectivity index (χ4n) is 2.39. The number of amides is 1. The standard InChI is InChI=1S/C17H17N3O4S/c1-11-2-7-15-14(20-11)10-16(24-15)17(21)19-9-8-12-3-5-13(6-4-12)25(18,22)23/h2-7,10H,8-9H2,1H3,(H,19,21)(H2,18,22,23). The second-order valence-corrected chi connectivity index (χ2v) is 7.20. The van der Waals surface area contributed by atoms with Gasteiger partial charge in [0.05, 0.1) is 4.90 Å². The van der Waals surface area contributed by atoms with Gasteiger partial charge in [-0.05, 0) is 43.2 Å². The number of nitrogens with two attached hydrogens (primary N) is 1. The van der Waals surface area contributed by atoms with E-state index in [-0.39, 0.29) is 16.6 Å². The third-order valence-electron chi connectivity index (χ3n) is 3.69. The van der Waals surface area contributed by atoms with Gasteiger partial charge in [0.1, 0.15) is 5.52 Å². The quantitative estimate of drug-likeness (QED) is 0.720. The molecule has 0 fully saturated rings. The molecule has 3 aromatic rings. The number of hydrogen-bond acceptors (Lipinski definition) is 5. The largest absolute Gasteiger partial charge is 0.449 e. The van der Waals surface area contributed by atoms with Crippen LogP contribution < -0.4 is 10.5 Å². The number of nitrogens with zero attached hydrogens (tertiary/aromatic N) is 1. The van der Waals surface area contributed by atoms with Gasteiger partial charge in [0.2, 0.25) is 10.0 Å². The van der Waals surface area contributed by atoms with E-state index in [1.54, 1.807) is 24.3 Å². The average Bonchev–Trinajstić information content (AvgIpc) is 2.97. The molecule has 1 aromatic carbocycles. The number of furan rings is 1. The van der Waals surface area contributed by atoms with Gasteiger partial charge in [-0.2, -0.15) is 0 Å². The molecule has 0 saturated carbocycles. The Morgan fingerprint density at radius 1 is 1.20 bits per heavy atom. The van der Waals surface area contributed by atoms with Crippen LogP contribution in [0.1, 0.15) is 21.8 Å². The third kappa shape index (κ3) is 4.04. The number of aryl methyl sites for hydroxylation is 1. The SMILES string of the molecule is Cc1ccc2oc(C(=O)NCCc3ccc(S(N)(=O)=O)cc3)cc2n1. The zero-order valence-corrected chi connectivity index (χ0v) is 14.3. The molecule has 1 amide bonds. The van der Waals surface area contributed by atoms with Gasteiger partial charge in [0.25, 0.3) is 5.91 Å². The number of nitrogens with one attached hydrogen (secondary N) is 1. The minimum atomic E-state index is -3.69. The molecule has 0 aliphatic carbocycles. The molecule has 0 atom stereocenters. The molecule has 0 bridgehead atoms. The summed E-state index contributed by atoms with van der Waals surface area (Å²) in [5.74, 6) is -0.116. The van der Waals surface area contributed by atoms with E-state index in [2.05, 4.69) is 10.3 Å². The molecule has 0 spiro atoms. The molecule has 2 heterocycles. The topological polar surface area (TPSA) is 115 Å². The van der Waals surface area contributed by atoms with Crippen LogP contribution in [0.15, 0.2) is 51.8 Å². The molecule has 0 aliphatic rings. The van der Waals surface area contributed by atoms with Crippen molar-refractivity contribution in [1.82, 2.24) is 10.3 Å². The monoisotopic (exact) mass is 359 g/mol. The van der Waals surface area contributed by atoms with Gasteiger partial charge < -0.3 is 9.73 Å². The summed E-state index contributed by atoms with van der Waals surface area (Å²) in [4.78, 5) is 16.5. The smallest absolute Gasteiger partial charge is 0.287 e. The Morgan fingerprint density at radius 3 is 2.60 bits per heavy atom. The van der Waals surface area contributed by atoms with Crippen LogP contribution in [-0.4, -0.2) is 25.9 Å². The molecule has 130 valence electrons. The first-order valence-electron chi connectivity index (χ1n) is 7.60. The molecule has 0 aliphatic heterocycles. The van der Waals surface area contributed by atoms with Crippen molar-refractivity contribution in [3.63, 3.8) is 0 Å². The van der Waals surface area contributed by atoms with Crippen LogP contribution in [0.3, 0.4) is 0 Å². The van der Waals surface area contributed by atoms with E-state index in [0.29, 0.717) is 24.1 Å². The zero-order chi connectivity index (χ0) is 18.0. The van der Waals surface area contributed by atoms with Crippen LogP contribution in [-0.2, 0) is 16.4 Å². The lowest BCUT2D eigenvalue weighted by atomic mass is 10.1. The van der Waals surface area contributed by atoms with E-state index in [1.165, 1.54) is 12.1 Å². The molecule has 0 saturated heterocycles. The van der Waals surface area contributed by atoms with Crippen LogP contribution in [0.25, 0.3) is 11.1 Å². The van der Waals surface area contributed by atoms with Crippen molar-refractivity contribution in [2.24, 2.45) is 5.14 Å². The lowest BCUT2D eigenvalue weighted by Crippen LogP contribution is -2.25. The summed E-state index contributed by atoms with van der Waals surface area (Å²) in [6.45, 7) is 2.25. The number of primary sulfonamides is 1. The fraction of sp³-hybridized carbons (Fsp3) is 0.176. The van der Waals surface area contributed by atoms with Crippen molar-refractivity contribution < 1.29 is 17.6 Å². The molecular weight excluding hydrogens is 342 g/mol. The highest BCUT2D eigenvalue weighted by molar-refractivity contribution is 7.89. The van der Waals surface area contributed by atoms with Crippen LogP contribution in [0.4, 0.5) is 0 Å². The number of hydrogen-bond donors (Lipinski definition) is 2. The zero-order valence-electron chi connectivity index (χ0n) is 13.5. The van der Waals surface area contributed by atoms with Gasteiger partial charge in [-0.15, -0.1) is 0 Å². The van der Waals surface area contributed by atoms with Crippen molar-refractivity contribution in [3.05, 3.63) is 59.5 Å². The molecule has 7 nitrogen and oxygen atoms in total. The number of carbonyl (C=O) groups excluding carboxylic acids is 1. The molecule has 3 N–H and O–H groups in total. The first kappa shape index (κ1) is 17.1. The first-order chi connectivity index (χ1) is 11.8. The maximum atomic E-state index is 12.1. The highest BCUT2D eigenvalue weighted by Crippen LogP contribution is 2.17. The predicted molar refractivity (Wildman–Crippen MR) is 92.6 cm³/mol. The van der Waals surface area contributed by atoms with E-state index >= 15 is 0 Å². The molecule has 3 rings (SSSR count). The lowest BCUT2D eigenvalue weighted by Gasteiger charge is -2.04. The van der Waals surface area contributed by atoms with Crippen LogP contribution in [0.2, 0.25) is 0 Å². The van der Waals surface area contributed by atoms with Crippen LogP contribution >= 0.6 is 0 Å². The number of fused-ring (bicyclic) bond motifs is 1. The van der Waals surface area contributed by atoms with E-state index in [0.717, 1.165) is 11.3 Å². The number of pyridine rings is 1. The summed E-state index contributed by atoms with van der Waals surface area (Å²) in [7, 11) is -3.69. The molecule has 8 heteroatoms. The van der Waals surface area contributed by atoms with Gasteiger partial charge >= 0.3 is 0 Å². The molecule has 25 heavy (non-hydrogen) atoms. The number of aromatic nitrogens is 1. The number of carbonyl (C=O) groups is 1. The van der Waals surface area contributed by atoms with Crippen molar-refractivity contribution >= 4 is 27.0 Å². The summed E-state index contributed by atoms with van der Waals surface area (Å²) in [5, 5.41) is 7.82. The summed E-state index contributed by atoms with van der Waals surface area (Å²) < 4.78 is 27.9. The Hall–Kier alpha value is -2.71. The summed E-state index contributed by atoms with van der Waals surface area (Å²) in [5.41, 5.74) is 2.94. The Kier molecular flexibility index (Phi) is 4.56. The maximum Gasteiger partial charge on any atom is 0.287 e. The van der Waals surface area contributed by atoms with Crippen molar-refractivity contribution in [3.8, 4) is 0 Å². The summed E-state index contributed by atoms with van der Waals surface area (Å²) >= 11 is 0. The van der Waals surface area contributed by atoms with Gasteiger partial charge in [0, 0.05) is 18.3 Å². The number of benzene rings is 1. The molecule has 0 unspecified atom stereocenters. The van der Waals surface area contributed by atoms with Crippen molar-refractivity contribution in [2.45, 2.75) is 18.2 Å². The third-order valence-corrected chi connectivity index (χ3v) is 4.62. The van der Waals surface area contributed by atoms with Crippen molar-refractivity contribution in [1.29, 1.82) is 0 Å². The van der Waals surface area contributed by atoms with Gasteiger partial charge in [-0.3, -0.25) is 4.79 Å². The maximum absolute atomic E-state index is 12.1. The average molecular weight is 359 g/mol. The Labute approximate surface area is 144 Å². The lowest BCUT2D eigenvalue weighted by molar-refractivity contribution is 0.0928. The van der Waals surface area contributed by atoms with Gasteiger partial charge in [-0.25, -0.2) is 18.5 Å². The van der Waals surface area contributed by atoms with Crippen molar-refractivity contribution in [2.75, 3.05) is 6.54 Å². The summed E-state index contributed by atoms with van der Waals surface area (Å²) in [6, 6.07) is 11.4. The minimum Gasteiger partial charge on any atom is -0.449 e. The Morgan fingerprint density at radius 2 is 1.92 bits per heavy atom.